The summed E-state index contributed by atoms with van der Waals surface area (Å²) in [7, 11) is 1.79. The standard InChI is InChI=1S/C14H18N6O/c1-20-13(17-18-19-20)11-3-2-4-12(9-11)16-14(21)10-5-7-15-8-6-10/h2-4,9-10,15H,5-8H2,1H3,(H,16,21). The van der Waals surface area contributed by atoms with Crippen LogP contribution >= 0.6 is 0 Å². The van der Waals surface area contributed by atoms with E-state index in [1.165, 1.54) is 0 Å². The molecule has 3 rings (SSSR count). The van der Waals surface area contributed by atoms with E-state index in [4.69, 9.17) is 0 Å². The normalized spacial score (nSPS) is 15.9. The molecule has 1 saturated heterocycles. The third-order valence-electron chi connectivity index (χ3n) is 3.72. The average molecular weight is 286 g/mol. The molecular weight excluding hydrogens is 268 g/mol. The highest BCUT2D eigenvalue weighted by molar-refractivity contribution is 5.93. The molecule has 2 aromatic rings. The fourth-order valence-corrected chi connectivity index (χ4v) is 2.54. The summed E-state index contributed by atoms with van der Waals surface area (Å²) < 4.78 is 1.60. The Morgan fingerprint density at radius 1 is 1.38 bits per heavy atom. The molecule has 0 saturated carbocycles. The van der Waals surface area contributed by atoms with Crippen LogP contribution in [0.1, 0.15) is 12.8 Å². The molecule has 0 bridgehead atoms. The third-order valence-corrected chi connectivity index (χ3v) is 3.72. The number of carbonyl (C=O) groups is 1. The van der Waals surface area contributed by atoms with E-state index in [0.717, 1.165) is 37.2 Å². The molecule has 7 nitrogen and oxygen atoms in total. The van der Waals surface area contributed by atoms with Gasteiger partial charge in [-0.25, -0.2) is 4.68 Å². The minimum Gasteiger partial charge on any atom is -0.326 e. The third kappa shape index (κ3) is 3.08. The van der Waals surface area contributed by atoms with Crippen molar-refractivity contribution in [2.24, 2.45) is 13.0 Å². The van der Waals surface area contributed by atoms with Crippen LogP contribution in [-0.2, 0) is 11.8 Å². The summed E-state index contributed by atoms with van der Waals surface area (Å²) in [5.41, 5.74) is 1.66. The maximum absolute atomic E-state index is 12.2. The van der Waals surface area contributed by atoms with Crippen LogP contribution in [0.3, 0.4) is 0 Å². The van der Waals surface area contributed by atoms with Gasteiger partial charge in [0.25, 0.3) is 0 Å². The number of tetrazole rings is 1. The fraction of sp³-hybridized carbons (Fsp3) is 0.429. The number of hydrogen-bond acceptors (Lipinski definition) is 5. The van der Waals surface area contributed by atoms with Crippen LogP contribution in [0.5, 0.6) is 0 Å². The summed E-state index contributed by atoms with van der Waals surface area (Å²) >= 11 is 0. The Labute approximate surface area is 122 Å². The van der Waals surface area contributed by atoms with Crippen LogP contribution in [0.2, 0.25) is 0 Å². The van der Waals surface area contributed by atoms with Crippen LogP contribution < -0.4 is 10.6 Å². The first-order chi connectivity index (χ1) is 10.2. The Balaban J connectivity index is 1.74. The van der Waals surface area contributed by atoms with Gasteiger partial charge in [-0.1, -0.05) is 12.1 Å². The number of anilines is 1. The number of aromatic nitrogens is 4. The Kier molecular flexibility index (Phi) is 3.92. The molecule has 1 aliphatic heterocycles. The van der Waals surface area contributed by atoms with E-state index in [-0.39, 0.29) is 11.8 Å². The summed E-state index contributed by atoms with van der Waals surface area (Å²) in [5, 5.41) is 17.7. The second kappa shape index (κ2) is 6.01. The molecule has 21 heavy (non-hydrogen) atoms. The van der Waals surface area contributed by atoms with E-state index >= 15 is 0 Å². The number of nitrogens with zero attached hydrogens (tertiary/aromatic N) is 4. The number of hydrogen-bond donors (Lipinski definition) is 2. The van der Waals surface area contributed by atoms with Crippen LogP contribution in [0, 0.1) is 5.92 Å². The smallest absolute Gasteiger partial charge is 0.227 e. The molecule has 0 unspecified atom stereocenters. The van der Waals surface area contributed by atoms with Gasteiger partial charge in [-0.3, -0.25) is 4.79 Å². The van der Waals surface area contributed by atoms with Crippen molar-refractivity contribution in [1.82, 2.24) is 25.5 Å². The van der Waals surface area contributed by atoms with Gasteiger partial charge in [0.05, 0.1) is 0 Å². The highest BCUT2D eigenvalue weighted by Gasteiger charge is 2.21. The highest BCUT2D eigenvalue weighted by atomic mass is 16.1. The molecule has 0 radical (unpaired) electrons. The van der Waals surface area contributed by atoms with Crippen molar-refractivity contribution < 1.29 is 4.79 Å². The first kappa shape index (κ1) is 13.7. The van der Waals surface area contributed by atoms with Gasteiger partial charge in [-0.15, -0.1) is 5.10 Å². The number of nitrogens with one attached hydrogen (secondary N) is 2. The number of rotatable bonds is 3. The van der Waals surface area contributed by atoms with Gasteiger partial charge in [0.2, 0.25) is 5.91 Å². The van der Waals surface area contributed by atoms with Crippen molar-refractivity contribution in [2.45, 2.75) is 12.8 Å². The van der Waals surface area contributed by atoms with Gasteiger partial charge < -0.3 is 10.6 Å². The molecule has 0 spiro atoms. The molecule has 7 heteroatoms. The minimum absolute atomic E-state index is 0.0877. The molecule has 1 aromatic heterocycles. The first-order valence-corrected chi connectivity index (χ1v) is 7.08. The van der Waals surface area contributed by atoms with E-state index in [2.05, 4.69) is 26.2 Å². The van der Waals surface area contributed by atoms with Crippen LogP contribution in [-0.4, -0.2) is 39.2 Å². The van der Waals surface area contributed by atoms with Gasteiger partial charge in [-0.05, 0) is 48.5 Å². The van der Waals surface area contributed by atoms with E-state index in [1.54, 1.807) is 11.7 Å². The van der Waals surface area contributed by atoms with Gasteiger partial charge in [-0.2, -0.15) is 0 Å². The Bertz CT molecular complexity index is 632. The molecular formula is C14H18N6O. The van der Waals surface area contributed by atoms with Crippen molar-refractivity contribution in [1.29, 1.82) is 0 Å². The molecule has 1 amide bonds. The molecule has 110 valence electrons. The maximum Gasteiger partial charge on any atom is 0.227 e. The topological polar surface area (TPSA) is 84.7 Å². The number of carbonyl (C=O) groups excluding carboxylic acids is 1. The second-order valence-electron chi connectivity index (χ2n) is 5.22. The van der Waals surface area contributed by atoms with Crippen LogP contribution in [0.25, 0.3) is 11.4 Å². The monoisotopic (exact) mass is 286 g/mol. The molecule has 1 aromatic carbocycles. The number of piperidine rings is 1. The lowest BCUT2D eigenvalue weighted by Crippen LogP contribution is -2.34. The molecule has 0 aliphatic carbocycles. The summed E-state index contributed by atoms with van der Waals surface area (Å²) in [5.74, 6) is 0.851. The Hall–Kier alpha value is -2.28. The average Bonchev–Trinajstić information content (AvgIpc) is 2.94. The SMILES string of the molecule is Cn1nnnc1-c1cccc(NC(=O)C2CCNCC2)c1. The molecule has 0 atom stereocenters. The zero-order valence-electron chi connectivity index (χ0n) is 11.9. The summed E-state index contributed by atoms with van der Waals surface area (Å²) in [6.45, 7) is 1.81. The van der Waals surface area contributed by atoms with Crippen molar-refractivity contribution in [3.63, 3.8) is 0 Å². The van der Waals surface area contributed by atoms with E-state index < -0.39 is 0 Å². The minimum atomic E-state index is 0.0877. The largest absolute Gasteiger partial charge is 0.326 e. The van der Waals surface area contributed by atoms with Crippen molar-refractivity contribution in [3.8, 4) is 11.4 Å². The van der Waals surface area contributed by atoms with E-state index in [9.17, 15) is 4.79 Å². The lowest BCUT2D eigenvalue weighted by molar-refractivity contribution is -0.120. The van der Waals surface area contributed by atoms with Crippen LogP contribution in [0.15, 0.2) is 24.3 Å². The quantitative estimate of drug-likeness (QED) is 0.872. The van der Waals surface area contributed by atoms with Crippen molar-refractivity contribution in [2.75, 3.05) is 18.4 Å². The fourth-order valence-electron chi connectivity index (χ4n) is 2.54. The Morgan fingerprint density at radius 3 is 2.90 bits per heavy atom. The molecule has 1 fully saturated rings. The molecule has 2 heterocycles. The van der Waals surface area contributed by atoms with E-state index in [1.807, 2.05) is 24.3 Å². The van der Waals surface area contributed by atoms with Crippen LogP contribution in [0.4, 0.5) is 5.69 Å². The zero-order valence-corrected chi connectivity index (χ0v) is 11.9. The number of benzene rings is 1. The van der Waals surface area contributed by atoms with Crippen molar-refractivity contribution >= 4 is 11.6 Å². The first-order valence-electron chi connectivity index (χ1n) is 7.08. The molecule has 2 N–H and O–H groups in total. The molecule has 1 aliphatic rings. The maximum atomic E-state index is 12.2. The summed E-state index contributed by atoms with van der Waals surface area (Å²) in [6.07, 6.45) is 1.78. The van der Waals surface area contributed by atoms with Gasteiger partial charge in [0, 0.05) is 24.2 Å². The van der Waals surface area contributed by atoms with Gasteiger partial charge >= 0.3 is 0 Å². The predicted molar refractivity (Wildman–Crippen MR) is 78.5 cm³/mol. The van der Waals surface area contributed by atoms with E-state index in [0.29, 0.717) is 5.82 Å². The highest BCUT2D eigenvalue weighted by Crippen LogP contribution is 2.21. The number of amides is 1. The Morgan fingerprint density at radius 2 is 2.19 bits per heavy atom. The lowest BCUT2D eigenvalue weighted by Gasteiger charge is -2.21. The second-order valence-corrected chi connectivity index (χ2v) is 5.22. The lowest BCUT2D eigenvalue weighted by atomic mass is 9.97. The van der Waals surface area contributed by atoms with Gasteiger partial charge in [0.1, 0.15) is 0 Å². The zero-order chi connectivity index (χ0) is 14.7. The predicted octanol–water partition coefficient (Wildman–Crippen LogP) is 0.815. The van der Waals surface area contributed by atoms with Gasteiger partial charge in [0.15, 0.2) is 5.82 Å². The number of aryl methyl sites for hydroxylation is 1. The summed E-state index contributed by atoms with van der Waals surface area (Å²) in [4.78, 5) is 12.2. The summed E-state index contributed by atoms with van der Waals surface area (Å²) in [6, 6.07) is 7.59. The van der Waals surface area contributed by atoms with Crippen molar-refractivity contribution in [3.05, 3.63) is 24.3 Å².